The maximum Gasteiger partial charge on any atom is 0.311 e. The average molecular weight is 404 g/mol. The topological polar surface area (TPSA) is 78.1 Å². The highest BCUT2D eigenvalue weighted by Gasteiger charge is 2.12. The van der Waals surface area contributed by atoms with E-state index in [9.17, 15) is 4.79 Å². The monoisotopic (exact) mass is 403 g/mol. The molecule has 8 heteroatoms. The number of aromatic nitrogens is 3. The highest BCUT2D eigenvalue weighted by atomic mass is 32.2. The Labute approximate surface area is 166 Å². The van der Waals surface area contributed by atoms with Crippen LogP contribution >= 0.6 is 23.1 Å². The van der Waals surface area contributed by atoms with Crippen molar-refractivity contribution in [3.63, 3.8) is 0 Å². The Morgan fingerprint density at radius 3 is 2.74 bits per heavy atom. The second kappa shape index (κ2) is 9.14. The molecule has 0 saturated heterocycles. The molecule has 27 heavy (non-hydrogen) atoms. The van der Waals surface area contributed by atoms with Crippen LogP contribution < -0.4 is 0 Å². The first-order valence-electron chi connectivity index (χ1n) is 8.71. The molecule has 0 radical (unpaired) electrons. The van der Waals surface area contributed by atoms with Crippen LogP contribution in [0.2, 0.25) is 0 Å². The summed E-state index contributed by atoms with van der Waals surface area (Å²) >= 11 is 3.00. The summed E-state index contributed by atoms with van der Waals surface area (Å²) in [5, 5.41) is 5.93. The molecule has 0 spiro atoms. The minimum atomic E-state index is -0.260. The molecule has 0 unspecified atom stereocenters. The largest absolute Gasteiger partial charge is 0.466 e. The van der Waals surface area contributed by atoms with Gasteiger partial charge in [0.05, 0.1) is 24.5 Å². The van der Waals surface area contributed by atoms with Crippen LogP contribution in [-0.4, -0.2) is 27.7 Å². The van der Waals surface area contributed by atoms with Crippen LogP contribution in [0.4, 0.5) is 0 Å². The molecule has 2 heterocycles. The molecule has 0 bridgehead atoms. The Morgan fingerprint density at radius 2 is 2.04 bits per heavy atom. The van der Waals surface area contributed by atoms with Gasteiger partial charge in [0, 0.05) is 10.9 Å². The quantitative estimate of drug-likeness (QED) is 0.398. The van der Waals surface area contributed by atoms with Crippen LogP contribution in [0.5, 0.6) is 0 Å². The zero-order chi connectivity index (χ0) is 19.2. The Hall–Kier alpha value is -2.19. The average Bonchev–Trinajstić information content (AvgIpc) is 3.29. The Morgan fingerprint density at radius 1 is 1.26 bits per heavy atom. The van der Waals surface area contributed by atoms with Gasteiger partial charge in [-0.3, -0.25) is 4.79 Å². The SMILES string of the molecule is CCOC(=O)Cc1csc(SCc2nc(-c3ccc(C(C)C)cc3)no2)n1. The molecule has 6 nitrogen and oxygen atoms in total. The first kappa shape index (κ1) is 19.6. The van der Waals surface area contributed by atoms with E-state index in [-0.39, 0.29) is 12.4 Å². The summed E-state index contributed by atoms with van der Waals surface area (Å²) in [6.45, 7) is 6.49. The van der Waals surface area contributed by atoms with E-state index in [0.29, 0.717) is 30.0 Å². The number of benzene rings is 1. The van der Waals surface area contributed by atoms with E-state index in [1.165, 1.54) is 28.7 Å². The van der Waals surface area contributed by atoms with E-state index < -0.39 is 0 Å². The van der Waals surface area contributed by atoms with Gasteiger partial charge < -0.3 is 9.26 Å². The fraction of sp³-hybridized carbons (Fsp3) is 0.368. The zero-order valence-electron chi connectivity index (χ0n) is 15.5. The van der Waals surface area contributed by atoms with Gasteiger partial charge in [-0.25, -0.2) is 4.98 Å². The fourth-order valence-electron chi connectivity index (χ4n) is 2.37. The number of ether oxygens (including phenoxy) is 1. The molecule has 0 aliphatic rings. The van der Waals surface area contributed by atoms with Gasteiger partial charge in [0.15, 0.2) is 4.34 Å². The summed E-state index contributed by atoms with van der Waals surface area (Å²) in [6.07, 6.45) is 0.196. The van der Waals surface area contributed by atoms with Gasteiger partial charge in [0.2, 0.25) is 11.7 Å². The highest BCUT2D eigenvalue weighted by molar-refractivity contribution is 8.00. The maximum atomic E-state index is 11.5. The summed E-state index contributed by atoms with van der Waals surface area (Å²) < 4.78 is 11.1. The molecular formula is C19H21N3O3S2. The van der Waals surface area contributed by atoms with Crippen molar-refractivity contribution in [3.05, 3.63) is 46.8 Å². The second-order valence-electron chi connectivity index (χ2n) is 6.16. The number of hydrogen-bond donors (Lipinski definition) is 0. The van der Waals surface area contributed by atoms with E-state index in [1.807, 2.05) is 17.5 Å². The van der Waals surface area contributed by atoms with Crippen LogP contribution in [0.3, 0.4) is 0 Å². The lowest BCUT2D eigenvalue weighted by Gasteiger charge is -2.04. The third-order valence-corrected chi connectivity index (χ3v) is 5.84. The summed E-state index contributed by atoms with van der Waals surface area (Å²) in [4.78, 5) is 20.4. The molecule has 0 amide bonds. The molecule has 0 atom stereocenters. The van der Waals surface area contributed by atoms with E-state index >= 15 is 0 Å². The van der Waals surface area contributed by atoms with E-state index in [2.05, 4.69) is 41.1 Å². The molecule has 0 fully saturated rings. The van der Waals surface area contributed by atoms with Gasteiger partial charge in [-0.2, -0.15) is 4.98 Å². The van der Waals surface area contributed by atoms with E-state index in [0.717, 1.165) is 15.6 Å². The van der Waals surface area contributed by atoms with Gasteiger partial charge in [-0.05, 0) is 18.4 Å². The predicted octanol–water partition coefficient (Wildman–Crippen LogP) is 4.71. The second-order valence-corrected chi connectivity index (χ2v) is 8.24. The van der Waals surface area contributed by atoms with Gasteiger partial charge >= 0.3 is 5.97 Å². The summed E-state index contributed by atoms with van der Waals surface area (Å²) in [5.41, 5.74) is 2.93. The number of thioether (sulfide) groups is 1. The first-order chi connectivity index (χ1) is 13.0. The molecule has 1 aromatic carbocycles. The molecule has 0 N–H and O–H groups in total. The van der Waals surface area contributed by atoms with Crippen LogP contribution in [0.25, 0.3) is 11.4 Å². The molecule has 2 aromatic heterocycles. The first-order valence-corrected chi connectivity index (χ1v) is 10.6. The molecule has 0 saturated carbocycles. The fourth-order valence-corrected chi connectivity index (χ4v) is 4.05. The number of carbonyl (C=O) groups excluding carboxylic acids is 1. The Kier molecular flexibility index (Phi) is 6.63. The van der Waals surface area contributed by atoms with Crippen LogP contribution in [-0.2, 0) is 21.7 Å². The number of rotatable bonds is 8. The van der Waals surface area contributed by atoms with E-state index in [4.69, 9.17) is 9.26 Å². The number of hydrogen-bond acceptors (Lipinski definition) is 8. The van der Waals surface area contributed by atoms with Crippen molar-refractivity contribution in [2.45, 2.75) is 43.2 Å². The van der Waals surface area contributed by atoms with Crippen molar-refractivity contribution in [3.8, 4) is 11.4 Å². The third-order valence-electron chi connectivity index (χ3n) is 3.78. The minimum absolute atomic E-state index is 0.196. The van der Waals surface area contributed by atoms with Gasteiger partial charge in [0.1, 0.15) is 0 Å². The van der Waals surface area contributed by atoms with Gasteiger partial charge in [-0.1, -0.05) is 55.0 Å². The highest BCUT2D eigenvalue weighted by Crippen LogP contribution is 2.27. The van der Waals surface area contributed by atoms with Crippen molar-refractivity contribution in [1.82, 2.24) is 15.1 Å². The molecule has 142 valence electrons. The predicted molar refractivity (Wildman–Crippen MR) is 106 cm³/mol. The number of carbonyl (C=O) groups is 1. The van der Waals surface area contributed by atoms with E-state index in [1.54, 1.807) is 6.92 Å². The minimum Gasteiger partial charge on any atom is -0.466 e. The summed E-state index contributed by atoms with van der Waals surface area (Å²) in [7, 11) is 0. The number of nitrogens with zero attached hydrogens (tertiary/aromatic N) is 3. The van der Waals surface area contributed by atoms with Crippen molar-refractivity contribution in [2.24, 2.45) is 0 Å². The van der Waals surface area contributed by atoms with Gasteiger partial charge in [-0.15, -0.1) is 11.3 Å². The Bertz CT molecular complexity index is 888. The molecular weight excluding hydrogens is 382 g/mol. The number of esters is 1. The van der Waals surface area contributed by atoms with Crippen LogP contribution in [0.1, 0.15) is 43.8 Å². The zero-order valence-corrected chi connectivity index (χ0v) is 17.1. The van der Waals surface area contributed by atoms with Crippen molar-refractivity contribution in [1.29, 1.82) is 0 Å². The lowest BCUT2D eigenvalue weighted by atomic mass is 10.0. The van der Waals surface area contributed by atoms with Crippen LogP contribution in [0, 0.1) is 0 Å². The lowest BCUT2D eigenvalue weighted by molar-refractivity contribution is -0.142. The maximum absolute atomic E-state index is 11.5. The molecule has 0 aliphatic carbocycles. The van der Waals surface area contributed by atoms with Gasteiger partial charge in [0.25, 0.3) is 0 Å². The Balaban J connectivity index is 1.57. The summed E-state index contributed by atoms with van der Waals surface area (Å²) in [6, 6.07) is 8.20. The van der Waals surface area contributed by atoms with Crippen molar-refractivity contribution >= 4 is 29.1 Å². The number of thiazole rings is 1. The molecule has 0 aliphatic heterocycles. The molecule has 3 rings (SSSR count). The summed E-state index contributed by atoms with van der Waals surface area (Å²) in [5.74, 6) is 1.89. The third kappa shape index (κ3) is 5.40. The molecule has 3 aromatic rings. The standard InChI is InChI=1S/C19H21N3O3S2/c1-4-24-17(23)9-15-10-26-19(20-15)27-11-16-21-18(22-25-16)14-7-5-13(6-8-14)12(2)3/h5-8,10,12H,4,9,11H2,1-3H3. The van der Waals surface area contributed by atoms with Crippen LogP contribution in [0.15, 0.2) is 38.5 Å². The smallest absolute Gasteiger partial charge is 0.311 e. The van der Waals surface area contributed by atoms with Crippen molar-refractivity contribution in [2.75, 3.05) is 6.61 Å². The van der Waals surface area contributed by atoms with Crippen molar-refractivity contribution < 1.29 is 14.1 Å². The lowest BCUT2D eigenvalue weighted by Crippen LogP contribution is -2.07. The normalized spacial score (nSPS) is 11.1.